The highest BCUT2D eigenvalue weighted by molar-refractivity contribution is 5.92. The minimum atomic E-state index is -1.05. The number of carbonyl (C=O) groups is 4. The number of methoxy groups -OCH3 is 1. The Bertz CT molecular complexity index is 961. The molecule has 1 aromatic heterocycles. The first-order valence-electron chi connectivity index (χ1n) is 11.7. The summed E-state index contributed by atoms with van der Waals surface area (Å²) in [4.78, 5) is 53.5. The van der Waals surface area contributed by atoms with Crippen LogP contribution in [0.15, 0.2) is 46.9 Å². The van der Waals surface area contributed by atoms with E-state index in [4.69, 9.17) is 9.25 Å². The molecule has 3 amide bonds. The molecule has 2 rings (SSSR count). The molecular formula is C25H33N3O7. The molecule has 0 aliphatic rings. The number of hydrogen-bond donors (Lipinski definition) is 2. The van der Waals surface area contributed by atoms with Crippen molar-refractivity contribution in [2.24, 2.45) is 5.92 Å². The van der Waals surface area contributed by atoms with Gasteiger partial charge in [-0.3, -0.25) is 14.4 Å². The number of hydrogen-bond acceptors (Lipinski definition) is 7. The van der Waals surface area contributed by atoms with Gasteiger partial charge in [0.25, 0.3) is 5.91 Å². The average molecular weight is 488 g/mol. The average Bonchev–Trinajstić information content (AvgIpc) is 3.38. The van der Waals surface area contributed by atoms with Gasteiger partial charge in [0.05, 0.1) is 25.7 Å². The van der Waals surface area contributed by atoms with E-state index in [2.05, 4.69) is 15.4 Å². The van der Waals surface area contributed by atoms with Crippen molar-refractivity contribution in [1.82, 2.24) is 15.7 Å². The number of amides is 3. The first kappa shape index (κ1) is 27.4. The topological polar surface area (TPSA) is 127 Å². The number of nitrogens with one attached hydrogen (secondary N) is 2. The molecule has 0 aliphatic carbocycles. The highest BCUT2D eigenvalue weighted by Gasteiger charge is 2.33. The minimum Gasteiger partial charge on any atom is -0.451 e. The van der Waals surface area contributed by atoms with Crippen LogP contribution in [-0.2, 0) is 19.2 Å². The Morgan fingerprint density at radius 3 is 2.43 bits per heavy atom. The monoisotopic (exact) mass is 487 g/mol. The lowest BCUT2D eigenvalue weighted by molar-refractivity contribution is -0.176. The van der Waals surface area contributed by atoms with Crippen LogP contribution in [0.2, 0.25) is 0 Å². The fourth-order valence-corrected chi connectivity index (χ4v) is 3.69. The van der Waals surface area contributed by atoms with Gasteiger partial charge in [-0.15, -0.1) is 0 Å². The van der Waals surface area contributed by atoms with Crippen LogP contribution >= 0.6 is 0 Å². The van der Waals surface area contributed by atoms with E-state index in [-0.39, 0.29) is 18.3 Å². The zero-order chi connectivity index (χ0) is 25.6. The third-order valence-electron chi connectivity index (χ3n) is 5.52. The SMILES string of the molecule is CCCCCC(C(=O)NCNC(=O)c1ccc(-c2ccccc2)o1)C(CC)N(C=O)OC(=O)OC. The fraction of sp³-hybridized carbons (Fsp3) is 0.440. The second-order valence-corrected chi connectivity index (χ2v) is 7.84. The number of unbranched alkanes of at least 4 members (excludes halogenated alkanes) is 2. The Balaban J connectivity index is 2.00. The van der Waals surface area contributed by atoms with E-state index in [1.54, 1.807) is 19.1 Å². The smallest absolute Gasteiger partial charge is 0.451 e. The predicted octanol–water partition coefficient (Wildman–Crippen LogP) is 3.88. The maximum Gasteiger partial charge on any atom is 0.533 e. The van der Waals surface area contributed by atoms with E-state index >= 15 is 0 Å². The fourth-order valence-electron chi connectivity index (χ4n) is 3.69. The molecule has 1 heterocycles. The van der Waals surface area contributed by atoms with Gasteiger partial charge >= 0.3 is 6.16 Å². The van der Waals surface area contributed by atoms with Crippen LogP contribution in [-0.4, -0.2) is 49.3 Å². The van der Waals surface area contributed by atoms with Crippen LogP contribution in [0.4, 0.5) is 4.79 Å². The molecule has 0 aliphatic heterocycles. The first-order valence-corrected chi connectivity index (χ1v) is 11.7. The maximum atomic E-state index is 13.0. The van der Waals surface area contributed by atoms with E-state index < -0.39 is 24.0 Å². The molecule has 0 spiro atoms. The van der Waals surface area contributed by atoms with Crippen molar-refractivity contribution in [2.75, 3.05) is 13.8 Å². The van der Waals surface area contributed by atoms with Gasteiger partial charge in [0.2, 0.25) is 12.3 Å². The summed E-state index contributed by atoms with van der Waals surface area (Å²) in [5.74, 6) is -0.848. The molecule has 0 fully saturated rings. The van der Waals surface area contributed by atoms with Gasteiger partial charge in [0.15, 0.2) is 5.76 Å². The largest absolute Gasteiger partial charge is 0.533 e. The molecule has 35 heavy (non-hydrogen) atoms. The van der Waals surface area contributed by atoms with Gasteiger partial charge in [-0.2, -0.15) is 5.06 Å². The van der Waals surface area contributed by atoms with Gasteiger partial charge in [0.1, 0.15) is 5.76 Å². The molecule has 2 aromatic rings. The van der Waals surface area contributed by atoms with Crippen molar-refractivity contribution in [3.05, 3.63) is 48.2 Å². The van der Waals surface area contributed by atoms with Crippen LogP contribution in [0.5, 0.6) is 0 Å². The molecule has 2 N–H and O–H groups in total. The van der Waals surface area contributed by atoms with E-state index in [1.807, 2.05) is 37.3 Å². The van der Waals surface area contributed by atoms with Crippen molar-refractivity contribution in [2.45, 2.75) is 52.0 Å². The standard InChI is InChI=1S/C25H33N3O7/c1-4-6-8-13-19(20(5-2)28(17-29)35-25(32)33-3)23(30)26-16-27-24(31)22-15-14-21(34-22)18-11-9-7-10-12-18/h7,9-12,14-15,17,19-20H,4-6,8,13,16H2,1-3H3,(H,26,30)(H,27,31). The number of rotatable bonds is 14. The summed E-state index contributed by atoms with van der Waals surface area (Å²) in [5.41, 5.74) is 0.842. The van der Waals surface area contributed by atoms with Gasteiger partial charge in [-0.1, -0.05) is 63.4 Å². The van der Waals surface area contributed by atoms with Crippen LogP contribution in [0.1, 0.15) is 56.5 Å². The molecule has 0 bridgehead atoms. The van der Waals surface area contributed by atoms with E-state index in [1.165, 1.54) is 0 Å². The first-order chi connectivity index (χ1) is 16.9. The zero-order valence-corrected chi connectivity index (χ0v) is 20.3. The minimum absolute atomic E-state index is 0.114. The number of carbonyl (C=O) groups excluding carboxylic acids is 4. The molecule has 2 unspecified atom stereocenters. The number of nitrogens with zero attached hydrogens (tertiary/aromatic N) is 1. The van der Waals surface area contributed by atoms with Crippen molar-refractivity contribution < 1.29 is 33.2 Å². The number of ether oxygens (including phenoxy) is 1. The second kappa shape index (κ2) is 14.4. The highest BCUT2D eigenvalue weighted by Crippen LogP contribution is 2.23. The lowest BCUT2D eigenvalue weighted by Gasteiger charge is -2.31. The second-order valence-electron chi connectivity index (χ2n) is 7.84. The summed E-state index contributed by atoms with van der Waals surface area (Å²) in [5, 5.41) is 6.10. The van der Waals surface area contributed by atoms with Crippen LogP contribution in [0.25, 0.3) is 11.3 Å². The Kier molecular flexibility index (Phi) is 11.3. The summed E-state index contributed by atoms with van der Waals surface area (Å²) < 4.78 is 10.1. The van der Waals surface area contributed by atoms with Crippen molar-refractivity contribution in [1.29, 1.82) is 0 Å². The quantitative estimate of drug-likeness (QED) is 0.136. The third-order valence-corrected chi connectivity index (χ3v) is 5.52. The van der Waals surface area contributed by atoms with Gasteiger partial charge in [-0.05, 0) is 25.0 Å². The molecule has 190 valence electrons. The highest BCUT2D eigenvalue weighted by atomic mass is 16.8. The molecule has 1 aromatic carbocycles. The Morgan fingerprint density at radius 1 is 1.06 bits per heavy atom. The van der Waals surface area contributed by atoms with E-state index in [0.29, 0.717) is 25.0 Å². The van der Waals surface area contributed by atoms with Crippen LogP contribution in [0.3, 0.4) is 0 Å². The number of benzene rings is 1. The molecule has 0 radical (unpaired) electrons. The predicted molar refractivity (Wildman–Crippen MR) is 128 cm³/mol. The third kappa shape index (κ3) is 8.16. The number of furan rings is 1. The van der Waals surface area contributed by atoms with Crippen molar-refractivity contribution in [3.8, 4) is 11.3 Å². The zero-order valence-electron chi connectivity index (χ0n) is 20.3. The number of hydroxylamine groups is 2. The Morgan fingerprint density at radius 2 is 1.80 bits per heavy atom. The molecule has 0 saturated heterocycles. The summed E-state index contributed by atoms with van der Waals surface area (Å²) in [6, 6.07) is 11.9. The molecule has 0 saturated carbocycles. The molecular weight excluding hydrogens is 454 g/mol. The van der Waals surface area contributed by atoms with Crippen LogP contribution in [0, 0.1) is 5.92 Å². The Hall–Kier alpha value is -3.82. The van der Waals surface area contributed by atoms with Gasteiger partial charge < -0.3 is 24.6 Å². The summed E-state index contributed by atoms with van der Waals surface area (Å²) in [7, 11) is 1.13. The molecule has 10 nitrogen and oxygen atoms in total. The van der Waals surface area contributed by atoms with Gasteiger partial charge in [-0.25, -0.2) is 4.79 Å². The maximum absolute atomic E-state index is 13.0. The van der Waals surface area contributed by atoms with Crippen molar-refractivity contribution >= 4 is 24.4 Å². The van der Waals surface area contributed by atoms with Crippen LogP contribution < -0.4 is 10.6 Å². The van der Waals surface area contributed by atoms with E-state index in [0.717, 1.165) is 37.0 Å². The summed E-state index contributed by atoms with van der Waals surface area (Å²) >= 11 is 0. The summed E-state index contributed by atoms with van der Waals surface area (Å²) in [6.45, 7) is 3.68. The lowest BCUT2D eigenvalue weighted by atomic mass is 9.90. The van der Waals surface area contributed by atoms with E-state index in [9.17, 15) is 19.2 Å². The Labute approximate surface area is 204 Å². The normalized spacial score (nSPS) is 12.2. The van der Waals surface area contributed by atoms with Gasteiger partial charge in [0, 0.05) is 5.56 Å². The summed E-state index contributed by atoms with van der Waals surface area (Å²) in [6.07, 6.45) is 2.74. The molecule has 10 heteroatoms. The van der Waals surface area contributed by atoms with Crippen molar-refractivity contribution in [3.63, 3.8) is 0 Å². The lowest BCUT2D eigenvalue weighted by Crippen LogP contribution is -2.49. The molecule has 2 atom stereocenters.